The largest absolute Gasteiger partial charge is 0.315 e. The van der Waals surface area contributed by atoms with Gasteiger partial charge >= 0.3 is 0 Å². The van der Waals surface area contributed by atoms with Crippen molar-refractivity contribution in [3.63, 3.8) is 0 Å². The molecule has 1 unspecified atom stereocenters. The summed E-state index contributed by atoms with van der Waals surface area (Å²) in [6.45, 7) is 3.74. The fraction of sp³-hybridized carbons (Fsp3) is 1.00. The van der Waals surface area contributed by atoms with Gasteiger partial charge in [-0.1, -0.05) is 19.8 Å². The Morgan fingerprint density at radius 2 is 2.14 bits per heavy atom. The van der Waals surface area contributed by atoms with Gasteiger partial charge in [-0.25, -0.2) is 8.42 Å². The Morgan fingerprint density at radius 3 is 2.79 bits per heavy atom. The highest BCUT2D eigenvalue weighted by molar-refractivity contribution is 7.92. The lowest BCUT2D eigenvalue weighted by Gasteiger charge is -2.22. The van der Waals surface area contributed by atoms with Gasteiger partial charge < -0.3 is 5.32 Å². The highest BCUT2D eigenvalue weighted by Gasteiger charge is 2.27. The molecule has 1 atom stereocenters. The van der Waals surface area contributed by atoms with Crippen molar-refractivity contribution in [2.45, 2.75) is 44.3 Å². The summed E-state index contributed by atoms with van der Waals surface area (Å²) in [7, 11) is -2.77. The molecule has 4 heteroatoms. The van der Waals surface area contributed by atoms with Gasteiger partial charge in [0.1, 0.15) is 0 Å². The number of rotatable bonds is 5. The summed E-state index contributed by atoms with van der Waals surface area (Å²) in [5, 5.41) is 3.11. The van der Waals surface area contributed by atoms with Gasteiger partial charge in [-0.2, -0.15) is 0 Å². The van der Waals surface area contributed by atoms with Crippen LogP contribution < -0.4 is 5.32 Å². The highest BCUT2D eigenvalue weighted by Crippen LogP contribution is 2.18. The van der Waals surface area contributed by atoms with Crippen LogP contribution in [0.2, 0.25) is 0 Å². The van der Waals surface area contributed by atoms with Crippen LogP contribution in [0.5, 0.6) is 0 Å². The van der Waals surface area contributed by atoms with Gasteiger partial charge in [0.2, 0.25) is 0 Å². The maximum atomic E-state index is 11.6. The van der Waals surface area contributed by atoms with Crippen molar-refractivity contribution in [1.82, 2.24) is 5.32 Å². The van der Waals surface area contributed by atoms with Gasteiger partial charge in [-0.15, -0.1) is 0 Å². The number of hydrogen-bond acceptors (Lipinski definition) is 3. The van der Waals surface area contributed by atoms with E-state index in [-0.39, 0.29) is 5.25 Å². The predicted molar refractivity (Wildman–Crippen MR) is 59.2 cm³/mol. The summed E-state index contributed by atoms with van der Waals surface area (Å²) >= 11 is 0. The van der Waals surface area contributed by atoms with E-state index in [2.05, 4.69) is 12.2 Å². The average Bonchev–Trinajstić information content (AvgIpc) is 2.14. The smallest absolute Gasteiger partial charge is 0.154 e. The topological polar surface area (TPSA) is 46.2 Å². The van der Waals surface area contributed by atoms with Gasteiger partial charge in [0.25, 0.3) is 0 Å². The summed E-state index contributed by atoms with van der Waals surface area (Å²) < 4.78 is 23.2. The fourth-order valence-corrected chi connectivity index (χ4v) is 3.65. The van der Waals surface area contributed by atoms with E-state index in [0.29, 0.717) is 12.3 Å². The van der Waals surface area contributed by atoms with Gasteiger partial charge in [-0.3, -0.25) is 0 Å². The summed E-state index contributed by atoms with van der Waals surface area (Å²) in [4.78, 5) is 0. The third-order valence-corrected chi connectivity index (χ3v) is 5.07. The molecule has 1 heterocycles. The van der Waals surface area contributed by atoms with Crippen LogP contribution >= 0.6 is 0 Å². The van der Waals surface area contributed by atoms with E-state index in [1.807, 2.05) is 0 Å². The zero-order valence-corrected chi connectivity index (χ0v) is 9.78. The van der Waals surface area contributed by atoms with Crippen LogP contribution in [-0.4, -0.2) is 32.5 Å². The molecular formula is C10H21NO2S. The maximum Gasteiger partial charge on any atom is 0.154 e. The van der Waals surface area contributed by atoms with Gasteiger partial charge in [0.05, 0.1) is 11.0 Å². The Labute approximate surface area is 87.2 Å². The minimum atomic E-state index is -2.77. The monoisotopic (exact) mass is 219 g/mol. The SMILES string of the molecule is CCCCNCC1CCCCS1(=O)=O. The average molecular weight is 219 g/mol. The Hall–Kier alpha value is -0.0900. The van der Waals surface area contributed by atoms with Crippen molar-refractivity contribution in [3.05, 3.63) is 0 Å². The molecule has 0 aliphatic carbocycles. The molecule has 3 nitrogen and oxygen atoms in total. The van der Waals surface area contributed by atoms with Crippen molar-refractivity contribution in [2.24, 2.45) is 0 Å². The molecule has 1 saturated heterocycles. The molecule has 1 N–H and O–H groups in total. The summed E-state index contributed by atoms with van der Waals surface area (Å²) in [5.41, 5.74) is 0. The predicted octanol–water partition coefficient (Wildman–Crippen LogP) is 1.34. The maximum absolute atomic E-state index is 11.6. The normalized spacial score (nSPS) is 26.2. The Bertz CT molecular complexity index is 249. The number of nitrogens with one attached hydrogen (secondary N) is 1. The Morgan fingerprint density at radius 1 is 1.36 bits per heavy atom. The van der Waals surface area contributed by atoms with Gasteiger partial charge in [0.15, 0.2) is 9.84 Å². The van der Waals surface area contributed by atoms with E-state index in [4.69, 9.17) is 0 Å². The molecule has 84 valence electrons. The van der Waals surface area contributed by atoms with Crippen molar-refractivity contribution in [3.8, 4) is 0 Å². The van der Waals surface area contributed by atoms with Crippen LogP contribution in [0.1, 0.15) is 39.0 Å². The lowest BCUT2D eigenvalue weighted by molar-refractivity contribution is 0.517. The van der Waals surface area contributed by atoms with E-state index in [9.17, 15) is 8.42 Å². The minimum absolute atomic E-state index is 0.117. The van der Waals surface area contributed by atoms with E-state index in [1.165, 1.54) is 0 Å². The van der Waals surface area contributed by atoms with Gasteiger partial charge in [-0.05, 0) is 25.8 Å². The van der Waals surface area contributed by atoms with Crippen LogP contribution in [0.15, 0.2) is 0 Å². The van der Waals surface area contributed by atoms with Crippen LogP contribution in [0.25, 0.3) is 0 Å². The molecule has 1 aliphatic heterocycles. The van der Waals surface area contributed by atoms with E-state index < -0.39 is 9.84 Å². The third-order valence-electron chi connectivity index (χ3n) is 2.79. The minimum Gasteiger partial charge on any atom is -0.315 e. The first kappa shape index (κ1) is 12.0. The second-order valence-corrected chi connectivity index (χ2v) is 6.44. The standard InChI is InChI=1S/C10H21NO2S/c1-2-3-7-11-9-10-6-4-5-8-14(10,12)13/h10-11H,2-9H2,1H3. The van der Waals surface area contributed by atoms with Crippen LogP contribution in [-0.2, 0) is 9.84 Å². The van der Waals surface area contributed by atoms with Crippen molar-refractivity contribution in [1.29, 1.82) is 0 Å². The van der Waals surface area contributed by atoms with Crippen molar-refractivity contribution >= 4 is 9.84 Å². The molecule has 1 fully saturated rings. The second kappa shape index (κ2) is 5.71. The Kier molecular flexibility index (Phi) is 4.89. The van der Waals surface area contributed by atoms with Gasteiger partial charge in [0, 0.05) is 6.54 Å². The number of sulfone groups is 1. The molecular weight excluding hydrogens is 198 g/mol. The first-order valence-corrected chi connectivity index (χ1v) is 7.30. The van der Waals surface area contributed by atoms with E-state index in [1.54, 1.807) is 0 Å². The van der Waals surface area contributed by atoms with Crippen LogP contribution in [0.4, 0.5) is 0 Å². The molecule has 1 aliphatic rings. The number of unbranched alkanes of at least 4 members (excludes halogenated alkanes) is 1. The molecule has 0 saturated carbocycles. The van der Waals surface area contributed by atoms with Crippen molar-refractivity contribution in [2.75, 3.05) is 18.8 Å². The first-order chi connectivity index (χ1) is 6.67. The summed E-state index contributed by atoms with van der Waals surface area (Å²) in [5.74, 6) is 0.396. The molecule has 0 bridgehead atoms. The summed E-state index contributed by atoms with van der Waals surface area (Å²) in [6.07, 6.45) is 5.06. The number of hydrogen-bond donors (Lipinski definition) is 1. The van der Waals surface area contributed by atoms with Crippen LogP contribution in [0, 0.1) is 0 Å². The molecule has 0 aromatic heterocycles. The molecule has 0 radical (unpaired) electrons. The molecule has 14 heavy (non-hydrogen) atoms. The van der Waals surface area contributed by atoms with Crippen molar-refractivity contribution < 1.29 is 8.42 Å². The van der Waals surface area contributed by atoms with Crippen LogP contribution in [0.3, 0.4) is 0 Å². The zero-order valence-electron chi connectivity index (χ0n) is 8.96. The lowest BCUT2D eigenvalue weighted by atomic mass is 10.2. The molecule has 0 aromatic rings. The summed E-state index contributed by atoms with van der Waals surface area (Å²) in [6, 6.07) is 0. The quantitative estimate of drug-likeness (QED) is 0.710. The fourth-order valence-electron chi connectivity index (χ4n) is 1.82. The molecule has 0 spiro atoms. The van der Waals surface area contributed by atoms with E-state index in [0.717, 1.165) is 38.6 Å². The first-order valence-electron chi connectivity index (χ1n) is 5.59. The lowest BCUT2D eigenvalue weighted by Crippen LogP contribution is -2.37. The Balaban J connectivity index is 2.28. The molecule has 0 aromatic carbocycles. The molecule has 1 rings (SSSR count). The second-order valence-electron chi connectivity index (χ2n) is 4.04. The zero-order chi connectivity index (χ0) is 10.4. The van der Waals surface area contributed by atoms with E-state index >= 15 is 0 Å². The highest BCUT2D eigenvalue weighted by atomic mass is 32.2. The molecule has 0 amide bonds. The third kappa shape index (κ3) is 3.58.